The fraction of sp³-hybridized carbons (Fsp3) is 0.286. The fourth-order valence-corrected chi connectivity index (χ4v) is 0.996. The molecule has 16 heavy (non-hydrogen) atoms. The Morgan fingerprint density at radius 2 is 2.12 bits per heavy atom. The molecule has 0 aliphatic rings. The zero-order valence-corrected chi connectivity index (χ0v) is 8.46. The van der Waals surface area contributed by atoms with E-state index in [9.17, 15) is 22.8 Å². The minimum atomic E-state index is -4.96. The van der Waals surface area contributed by atoms with E-state index in [1.807, 2.05) is 0 Å². The topological polar surface area (TPSA) is 77.8 Å². The molecule has 0 spiro atoms. The van der Waals surface area contributed by atoms with Crippen molar-refractivity contribution in [1.29, 1.82) is 0 Å². The second-order valence-corrected chi connectivity index (χ2v) is 3.19. The second kappa shape index (κ2) is 4.47. The SMILES string of the molecule is O=C(NCc1c[nH]c(=S)[nH]c1=O)C(F)(F)F. The highest BCUT2D eigenvalue weighted by atomic mass is 32.1. The number of aromatic nitrogens is 2. The fourth-order valence-electron chi connectivity index (χ4n) is 0.845. The van der Waals surface area contributed by atoms with Gasteiger partial charge in [-0.1, -0.05) is 0 Å². The molecule has 5 nitrogen and oxygen atoms in total. The Morgan fingerprint density at radius 3 is 2.62 bits per heavy atom. The molecule has 1 aromatic heterocycles. The predicted molar refractivity (Wildman–Crippen MR) is 50.1 cm³/mol. The number of amides is 1. The summed E-state index contributed by atoms with van der Waals surface area (Å²) < 4.78 is 35.4. The molecule has 1 rings (SSSR count). The van der Waals surface area contributed by atoms with Crippen molar-refractivity contribution >= 4 is 18.1 Å². The van der Waals surface area contributed by atoms with Gasteiger partial charge >= 0.3 is 12.1 Å². The molecule has 1 amide bonds. The van der Waals surface area contributed by atoms with Crippen LogP contribution in [-0.2, 0) is 11.3 Å². The smallest absolute Gasteiger partial charge is 0.344 e. The summed E-state index contributed by atoms with van der Waals surface area (Å²) in [6.45, 7) is -0.528. The highest BCUT2D eigenvalue weighted by molar-refractivity contribution is 7.71. The van der Waals surface area contributed by atoms with E-state index in [4.69, 9.17) is 0 Å². The molecule has 3 N–H and O–H groups in total. The first-order valence-corrected chi connectivity index (χ1v) is 4.37. The van der Waals surface area contributed by atoms with E-state index in [2.05, 4.69) is 22.2 Å². The van der Waals surface area contributed by atoms with Crippen LogP contribution in [0.25, 0.3) is 0 Å². The number of nitrogens with one attached hydrogen (secondary N) is 3. The molecule has 9 heteroatoms. The molecule has 0 aliphatic heterocycles. The van der Waals surface area contributed by atoms with Crippen LogP contribution in [0.4, 0.5) is 13.2 Å². The first kappa shape index (κ1) is 12.4. The van der Waals surface area contributed by atoms with Crippen molar-refractivity contribution in [2.45, 2.75) is 12.7 Å². The summed E-state index contributed by atoms with van der Waals surface area (Å²) in [7, 11) is 0. The first-order valence-electron chi connectivity index (χ1n) is 3.96. The quantitative estimate of drug-likeness (QED) is 0.676. The predicted octanol–water partition coefficient (Wildman–Crippen LogP) is 0.611. The molecule has 0 fully saturated rings. The van der Waals surface area contributed by atoms with Crippen LogP contribution in [-0.4, -0.2) is 22.1 Å². The number of carbonyl (C=O) groups is 1. The normalized spacial score (nSPS) is 11.2. The van der Waals surface area contributed by atoms with Crippen molar-refractivity contribution in [1.82, 2.24) is 15.3 Å². The van der Waals surface area contributed by atoms with E-state index < -0.39 is 24.2 Å². The summed E-state index contributed by atoms with van der Waals surface area (Å²) in [5, 5.41) is 1.56. The minimum absolute atomic E-state index is 0.0498. The van der Waals surface area contributed by atoms with Crippen LogP contribution in [0.5, 0.6) is 0 Å². The van der Waals surface area contributed by atoms with Crippen LogP contribution >= 0.6 is 12.2 Å². The lowest BCUT2D eigenvalue weighted by atomic mass is 10.3. The van der Waals surface area contributed by atoms with Gasteiger partial charge in [0.1, 0.15) is 0 Å². The molecule has 0 saturated carbocycles. The van der Waals surface area contributed by atoms with Crippen molar-refractivity contribution in [3.8, 4) is 0 Å². The Balaban J connectivity index is 2.73. The molecule has 0 atom stereocenters. The Bertz CT molecular complexity index is 505. The Morgan fingerprint density at radius 1 is 1.50 bits per heavy atom. The molecule has 1 heterocycles. The lowest BCUT2D eigenvalue weighted by Crippen LogP contribution is -2.37. The molecule has 0 unspecified atom stereocenters. The number of hydrogen-bond acceptors (Lipinski definition) is 3. The van der Waals surface area contributed by atoms with Crippen molar-refractivity contribution in [2.24, 2.45) is 0 Å². The summed E-state index contributed by atoms with van der Waals surface area (Å²) in [5.74, 6) is -2.10. The average Bonchev–Trinajstić information content (AvgIpc) is 2.14. The first-order chi connectivity index (χ1) is 7.30. The summed E-state index contributed by atoms with van der Waals surface area (Å²) in [4.78, 5) is 26.2. The zero-order chi connectivity index (χ0) is 12.3. The van der Waals surface area contributed by atoms with Crippen molar-refractivity contribution in [3.05, 3.63) is 26.9 Å². The third-order valence-corrected chi connectivity index (χ3v) is 1.81. The van der Waals surface area contributed by atoms with E-state index in [1.54, 1.807) is 5.32 Å². The third-order valence-electron chi connectivity index (χ3n) is 1.59. The van der Waals surface area contributed by atoms with E-state index in [1.165, 1.54) is 0 Å². The maximum absolute atomic E-state index is 11.8. The Hall–Kier alpha value is -1.64. The number of carbonyl (C=O) groups excluding carboxylic acids is 1. The van der Waals surface area contributed by atoms with Gasteiger partial charge in [0, 0.05) is 12.7 Å². The Labute approximate surface area is 91.7 Å². The molecule has 0 aliphatic carbocycles. The number of aromatic amines is 2. The molecule has 0 bridgehead atoms. The number of alkyl halides is 3. The minimum Gasteiger partial charge on any atom is -0.344 e. The molecular weight excluding hydrogens is 247 g/mol. The van der Waals surface area contributed by atoms with Gasteiger partial charge in [-0.2, -0.15) is 13.2 Å². The van der Waals surface area contributed by atoms with Gasteiger partial charge in [0.15, 0.2) is 4.77 Å². The molecule has 0 aromatic carbocycles. The number of halogens is 3. The average molecular weight is 253 g/mol. The monoisotopic (exact) mass is 253 g/mol. The van der Waals surface area contributed by atoms with Gasteiger partial charge in [0.25, 0.3) is 5.56 Å². The van der Waals surface area contributed by atoms with Crippen LogP contribution in [0.15, 0.2) is 11.0 Å². The summed E-state index contributed by atoms with van der Waals surface area (Å²) in [5.41, 5.74) is -0.697. The van der Waals surface area contributed by atoms with Gasteiger partial charge in [0.2, 0.25) is 0 Å². The standard InChI is InChI=1S/C7H6F3N3O2S/c8-7(9,10)5(15)11-1-3-2-12-6(16)13-4(3)14/h2H,1H2,(H,11,15)(H2,12,13,14,16). The number of hydrogen-bond donors (Lipinski definition) is 3. The maximum Gasteiger partial charge on any atom is 0.471 e. The van der Waals surface area contributed by atoms with Gasteiger partial charge in [-0.05, 0) is 12.2 Å². The molecule has 0 radical (unpaired) electrons. The van der Waals surface area contributed by atoms with Crippen LogP contribution in [0.1, 0.15) is 5.56 Å². The molecule has 1 aromatic rings. The molecular formula is C7H6F3N3O2S. The maximum atomic E-state index is 11.8. The highest BCUT2D eigenvalue weighted by Gasteiger charge is 2.38. The van der Waals surface area contributed by atoms with E-state index in [-0.39, 0.29) is 10.3 Å². The lowest BCUT2D eigenvalue weighted by molar-refractivity contribution is -0.173. The number of H-pyrrole nitrogens is 2. The molecule has 0 saturated heterocycles. The highest BCUT2D eigenvalue weighted by Crippen LogP contribution is 2.14. The van der Waals surface area contributed by atoms with Crippen molar-refractivity contribution < 1.29 is 18.0 Å². The van der Waals surface area contributed by atoms with Gasteiger partial charge in [-0.25, -0.2) is 0 Å². The van der Waals surface area contributed by atoms with Gasteiger partial charge in [-0.15, -0.1) is 0 Å². The van der Waals surface area contributed by atoms with Crippen LogP contribution in [0.2, 0.25) is 0 Å². The second-order valence-electron chi connectivity index (χ2n) is 2.78. The number of rotatable bonds is 2. The Kier molecular flexibility index (Phi) is 3.48. The third kappa shape index (κ3) is 3.19. The van der Waals surface area contributed by atoms with E-state index in [0.717, 1.165) is 6.20 Å². The lowest BCUT2D eigenvalue weighted by Gasteiger charge is -2.06. The van der Waals surface area contributed by atoms with Crippen LogP contribution < -0.4 is 10.9 Å². The summed E-state index contributed by atoms with van der Waals surface area (Å²) in [6.07, 6.45) is -3.83. The summed E-state index contributed by atoms with van der Waals surface area (Å²) in [6, 6.07) is 0. The van der Waals surface area contributed by atoms with E-state index in [0.29, 0.717) is 0 Å². The molecule has 88 valence electrons. The van der Waals surface area contributed by atoms with Crippen LogP contribution in [0, 0.1) is 4.77 Å². The largest absolute Gasteiger partial charge is 0.471 e. The zero-order valence-electron chi connectivity index (χ0n) is 7.64. The van der Waals surface area contributed by atoms with Crippen molar-refractivity contribution in [3.63, 3.8) is 0 Å². The van der Waals surface area contributed by atoms with Crippen molar-refractivity contribution in [2.75, 3.05) is 0 Å². The van der Waals surface area contributed by atoms with Gasteiger partial charge in [0.05, 0.1) is 5.56 Å². The van der Waals surface area contributed by atoms with Crippen LogP contribution in [0.3, 0.4) is 0 Å². The van der Waals surface area contributed by atoms with Gasteiger partial charge < -0.3 is 10.3 Å². The van der Waals surface area contributed by atoms with E-state index >= 15 is 0 Å². The van der Waals surface area contributed by atoms with Gasteiger partial charge in [-0.3, -0.25) is 14.6 Å². The summed E-state index contributed by atoms with van der Waals surface area (Å²) >= 11 is 4.58.